The molecule has 19 heavy (non-hydrogen) atoms. The summed E-state index contributed by atoms with van der Waals surface area (Å²) in [7, 11) is 0. The van der Waals surface area contributed by atoms with Crippen molar-refractivity contribution in [2.24, 2.45) is 5.41 Å². The third kappa shape index (κ3) is 4.59. The number of anilines is 1. The summed E-state index contributed by atoms with van der Waals surface area (Å²) in [6.07, 6.45) is 0. The largest absolute Gasteiger partial charge is 0.480 e. The van der Waals surface area contributed by atoms with Crippen molar-refractivity contribution in [3.63, 3.8) is 0 Å². The smallest absolute Gasteiger partial charge is 0.316 e. The van der Waals surface area contributed by atoms with E-state index in [0.717, 1.165) is 4.90 Å². The molecule has 0 spiro atoms. The molecule has 4 nitrogen and oxygen atoms in total. The Bertz CT molecular complexity index is 480. The number of rotatable bonds is 4. The lowest BCUT2D eigenvalue weighted by atomic mass is 9.95. The van der Waals surface area contributed by atoms with Crippen molar-refractivity contribution < 1.29 is 14.7 Å². The van der Waals surface area contributed by atoms with E-state index in [9.17, 15) is 9.59 Å². The number of carbonyl (C=O) groups is 2. The van der Waals surface area contributed by atoms with Crippen LogP contribution in [0.1, 0.15) is 27.7 Å². The number of para-hydroxylation sites is 1. The minimum Gasteiger partial charge on any atom is -0.480 e. The standard InChI is InChI=1S/C14H19NO3S/c1-9(12(16)17)19-11-8-6-5-7-10(11)15-13(18)14(2,3)4/h5-9H,1-4H3,(H,15,18)(H,16,17)/t9-/m1/s1. The highest BCUT2D eigenvalue weighted by Gasteiger charge is 2.22. The van der Waals surface area contributed by atoms with E-state index in [0.29, 0.717) is 5.69 Å². The topological polar surface area (TPSA) is 66.4 Å². The van der Waals surface area contributed by atoms with Gasteiger partial charge in [-0.15, -0.1) is 11.8 Å². The van der Waals surface area contributed by atoms with Crippen LogP contribution in [-0.2, 0) is 9.59 Å². The lowest BCUT2D eigenvalue weighted by Crippen LogP contribution is -2.27. The Morgan fingerprint density at radius 3 is 2.37 bits per heavy atom. The number of carbonyl (C=O) groups excluding carboxylic acids is 1. The van der Waals surface area contributed by atoms with Gasteiger partial charge in [-0.2, -0.15) is 0 Å². The Hall–Kier alpha value is -1.49. The Morgan fingerprint density at radius 1 is 1.26 bits per heavy atom. The lowest BCUT2D eigenvalue weighted by Gasteiger charge is -2.19. The molecule has 0 aliphatic heterocycles. The number of benzene rings is 1. The molecule has 0 unspecified atom stereocenters. The highest BCUT2D eigenvalue weighted by Crippen LogP contribution is 2.31. The molecule has 1 aromatic carbocycles. The van der Waals surface area contributed by atoms with Crippen LogP contribution in [0.2, 0.25) is 0 Å². The Labute approximate surface area is 117 Å². The van der Waals surface area contributed by atoms with Gasteiger partial charge in [0.05, 0.1) is 5.69 Å². The normalized spacial score (nSPS) is 12.8. The molecule has 0 aliphatic carbocycles. The van der Waals surface area contributed by atoms with E-state index in [4.69, 9.17) is 5.11 Å². The number of carboxylic acids is 1. The fourth-order valence-electron chi connectivity index (χ4n) is 1.22. The quantitative estimate of drug-likeness (QED) is 0.831. The molecule has 5 heteroatoms. The van der Waals surface area contributed by atoms with Gasteiger partial charge in [-0.05, 0) is 19.1 Å². The summed E-state index contributed by atoms with van der Waals surface area (Å²) in [5.74, 6) is -0.967. The first-order valence-electron chi connectivity index (χ1n) is 6.02. The second-order valence-corrected chi connectivity index (χ2v) is 6.68. The summed E-state index contributed by atoms with van der Waals surface area (Å²) < 4.78 is 0. The molecule has 1 atom stereocenters. The Morgan fingerprint density at radius 2 is 1.84 bits per heavy atom. The zero-order valence-corrected chi connectivity index (χ0v) is 12.4. The van der Waals surface area contributed by atoms with E-state index in [2.05, 4.69) is 5.32 Å². The van der Waals surface area contributed by atoms with Gasteiger partial charge >= 0.3 is 5.97 Å². The number of carboxylic acid groups (broad SMARTS) is 1. The van der Waals surface area contributed by atoms with Crippen molar-refractivity contribution in [1.29, 1.82) is 0 Å². The van der Waals surface area contributed by atoms with E-state index >= 15 is 0 Å². The fraction of sp³-hybridized carbons (Fsp3) is 0.429. The van der Waals surface area contributed by atoms with Crippen LogP contribution in [0.5, 0.6) is 0 Å². The van der Waals surface area contributed by atoms with Crippen LogP contribution >= 0.6 is 11.8 Å². The van der Waals surface area contributed by atoms with Crippen molar-refractivity contribution in [3.05, 3.63) is 24.3 Å². The zero-order valence-electron chi connectivity index (χ0n) is 11.6. The lowest BCUT2D eigenvalue weighted by molar-refractivity contribution is -0.136. The Balaban J connectivity index is 2.91. The van der Waals surface area contributed by atoms with Crippen molar-refractivity contribution >= 4 is 29.3 Å². The second-order valence-electron chi connectivity index (χ2n) is 5.30. The number of thioether (sulfide) groups is 1. The molecular weight excluding hydrogens is 262 g/mol. The molecule has 1 amide bonds. The Kier molecular flexibility index (Phi) is 5.00. The minimum atomic E-state index is -0.873. The van der Waals surface area contributed by atoms with E-state index in [1.807, 2.05) is 39.0 Å². The van der Waals surface area contributed by atoms with Crippen molar-refractivity contribution in [2.75, 3.05) is 5.32 Å². The van der Waals surface area contributed by atoms with Crippen LogP contribution in [0.4, 0.5) is 5.69 Å². The molecule has 1 aromatic rings. The van der Waals surface area contributed by atoms with E-state index in [1.165, 1.54) is 11.8 Å². The predicted octanol–water partition coefficient (Wildman–Crippen LogP) is 3.24. The van der Waals surface area contributed by atoms with Crippen LogP contribution in [0.15, 0.2) is 29.2 Å². The van der Waals surface area contributed by atoms with Crippen LogP contribution in [0.25, 0.3) is 0 Å². The molecule has 2 N–H and O–H groups in total. The maximum Gasteiger partial charge on any atom is 0.316 e. The third-order valence-corrected chi connectivity index (χ3v) is 3.63. The second kappa shape index (κ2) is 6.10. The summed E-state index contributed by atoms with van der Waals surface area (Å²) in [4.78, 5) is 23.6. The molecular formula is C14H19NO3S. The fourth-order valence-corrected chi connectivity index (χ4v) is 2.11. The monoisotopic (exact) mass is 281 g/mol. The van der Waals surface area contributed by atoms with Crippen molar-refractivity contribution in [1.82, 2.24) is 0 Å². The molecule has 0 aliphatic rings. The van der Waals surface area contributed by atoms with Crippen LogP contribution in [-0.4, -0.2) is 22.2 Å². The van der Waals surface area contributed by atoms with Crippen LogP contribution in [0, 0.1) is 5.41 Å². The van der Waals surface area contributed by atoms with Crippen LogP contribution < -0.4 is 5.32 Å². The summed E-state index contributed by atoms with van der Waals surface area (Å²) in [5, 5.41) is 11.2. The van der Waals surface area contributed by atoms with Gasteiger partial charge in [0.25, 0.3) is 0 Å². The molecule has 0 saturated heterocycles. The third-order valence-electron chi connectivity index (χ3n) is 2.47. The molecule has 104 valence electrons. The van der Waals surface area contributed by atoms with Gasteiger partial charge in [0.15, 0.2) is 0 Å². The van der Waals surface area contributed by atoms with E-state index < -0.39 is 16.6 Å². The molecule has 0 aromatic heterocycles. The molecule has 0 fully saturated rings. The van der Waals surface area contributed by atoms with E-state index in [-0.39, 0.29) is 5.91 Å². The molecule has 1 rings (SSSR count). The highest BCUT2D eigenvalue weighted by atomic mass is 32.2. The SMILES string of the molecule is C[C@@H](Sc1ccccc1NC(=O)C(C)(C)C)C(=O)O. The highest BCUT2D eigenvalue weighted by molar-refractivity contribution is 8.00. The van der Waals surface area contributed by atoms with Crippen molar-refractivity contribution in [3.8, 4) is 0 Å². The van der Waals surface area contributed by atoms with Crippen LogP contribution in [0.3, 0.4) is 0 Å². The minimum absolute atomic E-state index is 0.0940. The number of hydrogen-bond acceptors (Lipinski definition) is 3. The van der Waals surface area contributed by atoms with Gasteiger partial charge in [0, 0.05) is 10.3 Å². The summed E-state index contributed by atoms with van der Waals surface area (Å²) in [5.41, 5.74) is 0.163. The van der Waals surface area contributed by atoms with Crippen molar-refractivity contribution in [2.45, 2.75) is 37.8 Å². The molecule has 0 bridgehead atoms. The maximum absolute atomic E-state index is 12.0. The van der Waals surface area contributed by atoms with Gasteiger partial charge in [-0.3, -0.25) is 9.59 Å². The number of amides is 1. The zero-order chi connectivity index (χ0) is 14.6. The molecule has 0 heterocycles. The molecule has 0 radical (unpaired) electrons. The van der Waals surface area contributed by atoms with Gasteiger partial charge in [-0.25, -0.2) is 0 Å². The first-order valence-corrected chi connectivity index (χ1v) is 6.89. The van der Waals surface area contributed by atoms with Gasteiger partial charge in [0.2, 0.25) is 5.91 Å². The first-order chi connectivity index (χ1) is 8.71. The summed E-state index contributed by atoms with van der Waals surface area (Å²) in [6, 6.07) is 7.22. The maximum atomic E-state index is 12.0. The average molecular weight is 281 g/mol. The van der Waals surface area contributed by atoms with Gasteiger partial charge < -0.3 is 10.4 Å². The van der Waals surface area contributed by atoms with Gasteiger partial charge in [-0.1, -0.05) is 32.9 Å². The number of nitrogens with one attached hydrogen (secondary N) is 1. The van der Waals surface area contributed by atoms with E-state index in [1.54, 1.807) is 13.0 Å². The summed E-state index contributed by atoms with van der Waals surface area (Å²) in [6.45, 7) is 7.11. The van der Waals surface area contributed by atoms with Gasteiger partial charge in [0.1, 0.15) is 5.25 Å². The number of aliphatic carboxylic acids is 1. The average Bonchev–Trinajstić information content (AvgIpc) is 2.30. The predicted molar refractivity (Wildman–Crippen MR) is 77.5 cm³/mol. The summed E-state index contributed by atoms with van der Waals surface area (Å²) >= 11 is 1.22. The molecule has 0 saturated carbocycles. The first kappa shape index (κ1) is 15.6. The number of hydrogen-bond donors (Lipinski definition) is 2.